The second-order valence-corrected chi connectivity index (χ2v) is 7.54. The zero-order valence-electron chi connectivity index (χ0n) is 14.6. The van der Waals surface area contributed by atoms with Crippen molar-refractivity contribution in [1.82, 2.24) is 9.80 Å². The normalized spacial score (nSPS) is 19.4. The smallest absolute Gasteiger partial charge is 0.254 e. The summed E-state index contributed by atoms with van der Waals surface area (Å²) in [6, 6.07) is 5.32. The lowest BCUT2D eigenvalue weighted by atomic mass is 9.89. The minimum absolute atomic E-state index is 0.0179. The van der Waals surface area contributed by atoms with Gasteiger partial charge < -0.3 is 19.5 Å². The third kappa shape index (κ3) is 3.65. The van der Waals surface area contributed by atoms with Gasteiger partial charge in [0.1, 0.15) is 0 Å². The molecule has 0 aromatic heterocycles. The number of hydrogen-bond donors (Lipinski definition) is 1. The van der Waals surface area contributed by atoms with Crippen LogP contribution < -0.4 is 9.47 Å². The fourth-order valence-corrected chi connectivity index (χ4v) is 2.86. The van der Waals surface area contributed by atoms with Gasteiger partial charge >= 0.3 is 0 Å². The Morgan fingerprint density at radius 2 is 1.83 bits per heavy atom. The van der Waals surface area contributed by atoms with Crippen molar-refractivity contribution in [2.24, 2.45) is 5.41 Å². The van der Waals surface area contributed by atoms with Crippen LogP contribution in [0.1, 0.15) is 31.1 Å². The van der Waals surface area contributed by atoms with Crippen LogP contribution in [-0.4, -0.2) is 66.4 Å². The van der Waals surface area contributed by atoms with Crippen molar-refractivity contribution in [3.8, 4) is 11.5 Å². The van der Waals surface area contributed by atoms with Crippen LogP contribution >= 0.6 is 0 Å². The average molecular weight is 334 g/mol. The molecule has 1 N–H and O–H groups in total. The van der Waals surface area contributed by atoms with Gasteiger partial charge in [0.2, 0.25) is 6.79 Å². The van der Waals surface area contributed by atoms with Gasteiger partial charge in [-0.3, -0.25) is 9.69 Å². The highest BCUT2D eigenvalue weighted by Gasteiger charge is 2.28. The summed E-state index contributed by atoms with van der Waals surface area (Å²) >= 11 is 0. The second-order valence-electron chi connectivity index (χ2n) is 7.54. The lowest BCUT2D eigenvalue weighted by Gasteiger charge is -2.38. The van der Waals surface area contributed by atoms with Gasteiger partial charge in [0.15, 0.2) is 11.5 Å². The van der Waals surface area contributed by atoms with Crippen LogP contribution in [0.5, 0.6) is 11.5 Å². The van der Waals surface area contributed by atoms with Gasteiger partial charge in [-0.15, -0.1) is 0 Å². The fraction of sp³-hybridized carbons (Fsp3) is 0.611. The van der Waals surface area contributed by atoms with Crippen molar-refractivity contribution >= 4 is 5.91 Å². The molecule has 1 atom stereocenters. The predicted octanol–water partition coefficient (Wildman–Crippen LogP) is 1.58. The summed E-state index contributed by atoms with van der Waals surface area (Å²) in [6.45, 7) is 9.88. The number of aliphatic hydroxyl groups is 1. The Bertz CT molecular complexity index is 604. The van der Waals surface area contributed by atoms with Crippen LogP contribution in [0.15, 0.2) is 18.2 Å². The Kier molecular flexibility index (Phi) is 4.69. The lowest BCUT2D eigenvalue weighted by molar-refractivity contribution is 0.0137. The minimum Gasteiger partial charge on any atom is -0.454 e. The molecule has 3 rings (SSSR count). The maximum absolute atomic E-state index is 12.6. The Hall–Kier alpha value is -1.79. The van der Waals surface area contributed by atoms with E-state index in [0.717, 1.165) is 13.1 Å². The molecular formula is C18H26N2O4. The number of aliphatic hydroxyl groups excluding tert-OH is 1. The molecule has 1 aromatic carbocycles. The van der Waals surface area contributed by atoms with Gasteiger partial charge in [0.05, 0.1) is 6.10 Å². The molecule has 2 aliphatic heterocycles. The zero-order valence-corrected chi connectivity index (χ0v) is 14.6. The molecule has 1 unspecified atom stereocenters. The van der Waals surface area contributed by atoms with Crippen LogP contribution in [0.3, 0.4) is 0 Å². The average Bonchev–Trinajstić information content (AvgIpc) is 3.01. The van der Waals surface area contributed by atoms with E-state index in [0.29, 0.717) is 36.7 Å². The van der Waals surface area contributed by atoms with Crippen molar-refractivity contribution < 1.29 is 19.4 Å². The number of ether oxygens (including phenoxy) is 2. The van der Waals surface area contributed by atoms with Gasteiger partial charge in [-0.25, -0.2) is 0 Å². The summed E-state index contributed by atoms with van der Waals surface area (Å²) < 4.78 is 10.6. The molecule has 6 nitrogen and oxygen atoms in total. The molecule has 1 aromatic rings. The Labute approximate surface area is 143 Å². The van der Waals surface area contributed by atoms with Crippen molar-refractivity contribution in [3.05, 3.63) is 23.8 Å². The highest BCUT2D eigenvalue weighted by atomic mass is 16.7. The van der Waals surface area contributed by atoms with Crippen molar-refractivity contribution in [1.29, 1.82) is 0 Å². The number of carbonyl (C=O) groups is 1. The van der Waals surface area contributed by atoms with Gasteiger partial charge in [0, 0.05) is 38.3 Å². The van der Waals surface area contributed by atoms with E-state index in [1.807, 2.05) is 25.7 Å². The van der Waals surface area contributed by atoms with Crippen molar-refractivity contribution in [2.75, 3.05) is 39.5 Å². The maximum atomic E-state index is 12.6. The van der Waals surface area contributed by atoms with Gasteiger partial charge in [-0.1, -0.05) is 20.8 Å². The molecule has 0 saturated carbocycles. The molecule has 2 heterocycles. The maximum Gasteiger partial charge on any atom is 0.254 e. The number of benzene rings is 1. The number of carbonyl (C=O) groups excluding carboxylic acids is 1. The predicted molar refractivity (Wildman–Crippen MR) is 90.4 cm³/mol. The van der Waals surface area contributed by atoms with Crippen LogP contribution in [0, 0.1) is 5.41 Å². The first-order chi connectivity index (χ1) is 11.3. The van der Waals surface area contributed by atoms with E-state index in [-0.39, 0.29) is 24.2 Å². The van der Waals surface area contributed by atoms with Crippen LogP contribution in [0.2, 0.25) is 0 Å². The third-order valence-electron chi connectivity index (χ3n) is 4.71. The van der Waals surface area contributed by atoms with E-state index in [1.165, 1.54) is 0 Å². The molecule has 6 heteroatoms. The topological polar surface area (TPSA) is 62.2 Å². The highest BCUT2D eigenvalue weighted by Crippen LogP contribution is 2.32. The largest absolute Gasteiger partial charge is 0.454 e. The third-order valence-corrected chi connectivity index (χ3v) is 4.71. The second kappa shape index (κ2) is 6.61. The molecule has 2 aliphatic rings. The molecule has 0 bridgehead atoms. The summed E-state index contributed by atoms with van der Waals surface area (Å²) in [5, 5.41) is 10.2. The summed E-state index contributed by atoms with van der Waals surface area (Å²) in [7, 11) is 0. The first kappa shape index (κ1) is 17.0. The molecule has 1 saturated heterocycles. The van der Waals surface area contributed by atoms with Gasteiger partial charge in [-0.05, 0) is 23.6 Å². The summed E-state index contributed by atoms with van der Waals surface area (Å²) in [5.74, 6) is 1.34. The van der Waals surface area contributed by atoms with Gasteiger partial charge in [0.25, 0.3) is 5.91 Å². The van der Waals surface area contributed by atoms with Crippen molar-refractivity contribution in [3.63, 3.8) is 0 Å². The molecule has 1 fully saturated rings. The van der Waals surface area contributed by atoms with Crippen LogP contribution in [0.4, 0.5) is 0 Å². The number of fused-ring (bicyclic) bond motifs is 1. The van der Waals surface area contributed by atoms with E-state index in [2.05, 4.69) is 4.90 Å². The number of piperazine rings is 1. The Morgan fingerprint density at radius 3 is 2.50 bits per heavy atom. The molecule has 132 valence electrons. The molecule has 24 heavy (non-hydrogen) atoms. The Morgan fingerprint density at radius 1 is 1.17 bits per heavy atom. The zero-order chi connectivity index (χ0) is 17.3. The summed E-state index contributed by atoms with van der Waals surface area (Å²) in [6.07, 6.45) is -0.367. The quantitative estimate of drug-likeness (QED) is 0.909. The molecule has 0 aliphatic carbocycles. The molecular weight excluding hydrogens is 308 g/mol. The lowest BCUT2D eigenvalue weighted by Crippen LogP contribution is -2.51. The molecule has 0 radical (unpaired) electrons. The number of rotatable bonds is 3. The molecule has 0 spiro atoms. The first-order valence-corrected chi connectivity index (χ1v) is 8.44. The van der Waals surface area contributed by atoms with E-state index in [1.54, 1.807) is 18.2 Å². The number of nitrogens with zero attached hydrogens (tertiary/aromatic N) is 2. The van der Waals surface area contributed by atoms with Crippen molar-refractivity contribution in [2.45, 2.75) is 26.9 Å². The number of amides is 1. The SMILES string of the molecule is CC(C)(C)C(O)CN1CCN(C(=O)c2ccc3c(c2)OCO3)CC1. The molecule has 1 amide bonds. The standard InChI is InChI=1S/C18H26N2O4/c1-18(2,3)16(21)11-19-6-8-20(9-7-19)17(22)13-4-5-14-15(10-13)24-12-23-14/h4-5,10,16,21H,6-9,11-12H2,1-3H3. The first-order valence-electron chi connectivity index (χ1n) is 8.44. The van der Waals surface area contributed by atoms with E-state index in [4.69, 9.17) is 9.47 Å². The van der Waals surface area contributed by atoms with Gasteiger partial charge in [-0.2, -0.15) is 0 Å². The fourth-order valence-electron chi connectivity index (χ4n) is 2.86. The minimum atomic E-state index is -0.367. The Balaban J connectivity index is 1.56. The van der Waals surface area contributed by atoms with E-state index < -0.39 is 0 Å². The number of β-amino-alcohol motifs (C(OH)–C–C–N with tert-alkyl or cyclic N) is 1. The summed E-state index contributed by atoms with van der Waals surface area (Å²) in [5.41, 5.74) is 0.502. The monoisotopic (exact) mass is 334 g/mol. The number of hydrogen-bond acceptors (Lipinski definition) is 5. The van der Waals surface area contributed by atoms with Crippen LogP contribution in [-0.2, 0) is 0 Å². The van der Waals surface area contributed by atoms with E-state index in [9.17, 15) is 9.90 Å². The summed E-state index contributed by atoms with van der Waals surface area (Å²) in [4.78, 5) is 16.7. The highest BCUT2D eigenvalue weighted by molar-refractivity contribution is 5.95. The van der Waals surface area contributed by atoms with Crippen LogP contribution in [0.25, 0.3) is 0 Å². The van der Waals surface area contributed by atoms with E-state index >= 15 is 0 Å².